The van der Waals surface area contributed by atoms with E-state index in [2.05, 4.69) is 27.2 Å². The summed E-state index contributed by atoms with van der Waals surface area (Å²) in [5, 5.41) is 4.13. The highest BCUT2D eigenvalue weighted by molar-refractivity contribution is 9.11. The lowest BCUT2D eigenvalue weighted by Gasteiger charge is -2.07. The number of aryl methyl sites for hydroxylation is 1. The number of hydrogen-bond acceptors (Lipinski definition) is 5. The molecule has 2 heterocycles. The second-order valence-corrected chi connectivity index (χ2v) is 6.91. The molecule has 0 fully saturated rings. The number of para-hydroxylation sites is 1. The second-order valence-electron chi connectivity index (χ2n) is 4.54. The third kappa shape index (κ3) is 2.45. The van der Waals surface area contributed by atoms with Crippen LogP contribution in [0.15, 0.2) is 38.6 Å². The molecule has 4 nitrogen and oxygen atoms in total. The van der Waals surface area contributed by atoms with Crippen LogP contribution >= 0.6 is 27.3 Å². The number of thiophene rings is 1. The maximum atomic E-state index is 5.99. The van der Waals surface area contributed by atoms with Gasteiger partial charge in [0.25, 0.3) is 0 Å². The predicted octanol–water partition coefficient (Wildman–Crippen LogP) is 4.73. The van der Waals surface area contributed by atoms with Gasteiger partial charge in [0.05, 0.1) is 21.3 Å². The fourth-order valence-electron chi connectivity index (χ4n) is 2.16. The summed E-state index contributed by atoms with van der Waals surface area (Å²) < 4.78 is 11.7. The predicted molar refractivity (Wildman–Crippen MR) is 88.7 cm³/mol. The highest BCUT2D eigenvalue weighted by Gasteiger charge is 2.22. The summed E-state index contributed by atoms with van der Waals surface area (Å²) in [5.74, 6) is 1.03. The van der Waals surface area contributed by atoms with Crippen molar-refractivity contribution in [1.29, 1.82) is 0 Å². The minimum Gasteiger partial charge on any atom is -0.496 e. The van der Waals surface area contributed by atoms with E-state index in [0.29, 0.717) is 0 Å². The molecular formula is C15H13BrN2O2S. The number of rotatable bonds is 3. The van der Waals surface area contributed by atoms with Crippen LogP contribution < -0.4 is 10.5 Å². The van der Waals surface area contributed by atoms with Gasteiger partial charge in [-0.05, 0) is 40.5 Å². The Labute approximate surface area is 134 Å². The molecule has 0 spiro atoms. The van der Waals surface area contributed by atoms with Crippen molar-refractivity contribution in [1.82, 2.24) is 5.16 Å². The number of ether oxygens (including phenoxy) is 1. The number of nitrogen functional groups attached to an aromatic ring is 1. The average Bonchev–Trinajstić information content (AvgIpc) is 3.02. The van der Waals surface area contributed by atoms with Crippen LogP contribution in [-0.2, 0) is 0 Å². The van der Waals surface area contributed by atoms with E-state index in [-0.39, 0.29) is 5.88 Å². The monoisotopic (exact) mass is 364 g/mol. The lowest BCUT2D eigenvalue weighted by atomic mass is 10.0. The maximum absolute atomic E-state index is 5.99. The Balaban J connectivity index is 2.22. The lowest BCUT2D eigenvalue weighted by molar-refractivity contribution is 0.416. The van der Waals surface area contributed by atoms with Crippen LogP contribution in [0.4, 0.5) is 5.88 Å². The van der Waals surface area contributed by atoms with Gasteiger partial charge >= 0.3 is 0 Å². The van der Waals surface area contributed by atoms with Crippen molar-refractivity contribution < 1.29 is 9.26 Å². The van der Waals surface area contributed by atoms with Gasteiger partial charge < -0.3 is 15.0 Å². The van der Waals surface area contributed by atoms with E-state index in [1.807, 2.05) is 31.2 Å². The summed E-state index contributed by atoms with van der Waals surface area (Å²) >= 11 is 5.13. The number of hydrogen-bond donors (Lipinski definition) is 1. The minimum atomic E-state index is 0.289. The summed E-state index contributed by atoms with van der Waals surface area (Å²) in [7, 11) is 1.63. The van der Waals surface area contributed by atoms with Gasteiger partial charge in [0.15, 0.2) is 0 Å². The molecule has 0 saturated carbocycles. The molecule has 1 aromatic carbocycles. The third-order valence-corrected chi connectivity index (χ3v) is 5.33. The van der Waals surface area contributed by atoms with Crippen molar-refractivity contribution in [3.63, 3.8) is 0 Å². The van der Waals surface area contributed by atoms with Crippen LogP contribution in [0.2, 0.25) is 0 Å². The lowest BCUT2D eigenvalue weighted by Crippen LogP contribution is -1.91. The molecule has 0 aliphatic heterocycles. The van der Waals surface area contributed by atoms with Gasteiger partial charge in [-0.25, -0.2) is 0 Å². The van der Waals surface area contributed by atoms with E-state index in [4.69, 9.17) is 15.0 Å². The molecule has 0 saturated heterocycles. The molecule has 0 aliphatic rings. The smallest absolute Gasteiger partial charge is 0.230 e. The van der Waals surface area contributed by atoms with E-state index in [1.54, 1.807) is 18.4 Å². The number of methoxy groups -OCH3 is 1. The van der Waals surface area contributed by atoms with Crippen molar-refractivity contribution in [3.05, 3.63) is 39.7 Å². The first kappa shape index (κ1) is 14.2. The summed E-state index contributed by atoms with van der Waals surface area (Å²) in [4.78, 5) is 1.00. The van der Waals surface area contributed by atoms with E-state index >= 15 is 0 Å². The maximum Gasteiger partial charge on any atom is 0.230 e. The number of anilines is 1. The molecule has 3 aromatic rings. The SMILES string of the molecule is COc1ccccc1-c1c(-c2cc(C)c(Br)s2)noc1N. The fraction of sp³-hybridized carbons (Fsp3) is 0.133. The quantitative estimate of drug-likeness (QED) is 0.729. The molecule has 6 heteroatoms. The van der Waals surface area contributed by atoms with Crippen molar-refractivity contribution in [3.8, 4) is 27.4 Å². The van der Waals surface area contributed by atoms with Gasteiger partial charge in [0, 0.05) is 5.56 Å². The Morgan fingerprint density at radius 2 is 2.10 bits per heavy atom. The summed E-state index contributed by atoms with van der Waals surface area (Å²) in [6, 6.07) is 9.74. The molecule has 21 heavy (non-hydrogen) atoms. The Morgan fingerprint density at radius 3 is 2.76 bits per heavy atom. The molecule has 0 aliphatic carbocycles. The first-order valence-corrected chi connectivity index (χ1v) is 7.87. The van der Waals surface area contributed by atoms with E-state index in [1.165, 1.54) is 0 Å². The highest BCUT2D eigenvalue weighted by atomic mass is 79.9. The molecule has 108 valence electrons. The van der Waals surface area contributed by atoms with Crippen LogP contribution in [-0.4, -0.2) is 12.3 Å². The molecule has 0 unspecified atom stereocenters. The van der Waals surface area contributed by atoms with E-state index in [0.717, 1.165) is 36.8 Å². The van der Waals surface area contributed by atoms with Gasteiger partial charge in [0.1, 0.15) is 11.4 Å². The molecule has 0 atom stereocenters. The van der Waals surface area contributed by atoms with Gasteiger partial charge in [-0.15, -0.1) is 11.3 Å². The van der Waals surface area contributed by atoms with Crippen molar-refractivity contribution in [2.45, 2.75) is 6.92 Å². The van der Waals surface area contributed by atoms with Crippen LogP contribution in [0.5, 0.6) is 5.75 Å². The summed E-state index contributed by atoms with van der Waals surface area (Å²) in [6.45, 7) is 2.04. The molecular weight excluding hydrogens is 352 g/mol. The highest BCUT2D eigenvalue weighted by Crippen LogP contribution is 2.44. The van der Waals surface area contributed by atoms with Crippen LogP contribution in [0, 0.1) is 6.92 Å². The van der Waals surface area contributed by atoms with Crippen molar-refractivity contribution in [2.75, 3.05) is 12.8 Å². The first-order valence-electron chi connectivity index (χ1n) is 6.26. The number of benzene rings is 1. The van der Waals surface area contributed by atoms with Crippen molar-refractivity contribution >= 4 is 33.2 Å². The largest absolute Gasteiger partial charge is 0.496 e. The summed E-state index contributed by atoms with van der Waals surface area (Å²) in [5.41, 5.74) is 9.51. The van der Waals surface area contributed by atoms with E-state index in [9.17, 15) is 0 Å². The molecule has 0 radical (unpaired) electrons. The zero-order valence-corrected chi connectivity index (χ0v) is 13.9. The Morgan fingerprint density at radius 1 is 1.33 bits per heavy atom. The zero-order chi connectivity index (χ0) is 15.0. The standard InChI is InChI=1S/C15H13BrN2O2S/c1-8-7-11(21-14(8)16)13-12(15(17)20-18-13)9-5-3-4-6-10(9)19-2/h3-7H,17H2,1-2H3. The Bertz CT molecular complexity index is 775. The van der Waals surface area contributed by atoms with Gasteiger partial charge in [-0.1, -0.05) is 23.4 Å². The van der Waals surface area contributed by atoms with Crippen molar-refractivity contribution in [2.24, 2.45) is 0 Å². The van der Waals surface area contributed by atoms with E-state index < -0.39 is 0 Å². The number of aromatic nitrogens is 1. The molecule has 0 bridgehead atoms. The Kier molecular flexibility index (Phi) is 3.73. The fourth-order valence-corrected chi connectivity index (χ4v) is 3.68. The topological polar surface area (TPSA) is 61.3 Å². The van der Waals surface area contributed by atoms with Gasteiger partial charge in [-0.2, -0.15) is 0 Å². The number of halogens is 1. The summed E-state index contributed by atoms with van der Waals surface area (Å²) in [6.07, 6.45) is 0. The number of nitrogens with zero attached hydrogens (tertiary/aromatic N) is 1. The third-order valence-electron chi connectivity index (χ3n) is 3.19. The molecule has 0 amide bonds. The van der Waals surface area contributed by atoms with Crippen LogP contribution in [0.25, 0.3) is 21.7 Å². The van der Waals surface area contributed by atoms with Gasteiger partial charge in [-0.3, -0.25) is 0 Å². The molecule has 2 N–H and O–H groups in total. The normalized spacial score (nSPS) is 10.8. The van der Waals surface area contributed by atoms with Crippen LogP contribution in [0.1, 0.15) is 5.56 Å². The average molecular weight is 365 g/mol. The Hall–Kier alpha value is -1.79. The number of nitrogens with two attached hydrogens (primary N) is 1. The minimum absolute atomic E-state index is 0.289. The molecule has 2 aromatic heterocycles. The molecule has 3 rings (SSSR count). The first-order chi connectivity index (χ1) is 10.1. The van der Waals surface area contributed by atoms with Crippen LogP contribution in [0.3, 0.4) is 0 Å². The van der Waals surface area contributed by atoms with Gasteiger partial charge in [0.2, 0.25) is 5.88 Å². The zero-order valence-electron chi connectivity index (χ0n) is 11.5. The second kappa shape index (κ2) is 5.54.